The molecule has 1 saturated heterocycles. The summed E-state index contributed by atoms with van der Waals surface area (Å²) >= 11 is 0. The molecular formula is C13H20N2O2. The quantitative estimate of drug-likeness (QED) is 0.811. The topological polar surface area (TPSA) is 64.3 Å². The van der Waals surface area contributed by atoms with E-state index < -0.39 is 11.5 Å². The Morgan fingerprint density at radius 2 is 2.12 bits per heavy atom. The molecule has 0 radical (unpaired) electrons. The van der Waals surface area contributed by atoms with Gasteiger partial charge in [-0.15, -0.1) is 0 Å². The molecule has 1 aliphatic heterocycles. The zero-order valence-corrected chi connectivity index (χ0v) is 10.4. The van der Waals surface area contributed by atoms with Gasteiger partial charge in [0.15, 0.2) is 0 Å². The van der Waals surface area contributed by atoms with E-state index in [1.165, 1.54) is 0 Å². The van der Waals surface area contributed by atoms with Crippen molar-refractivity contribution >= 4 is 5.97 Å². The highest BCUT2D eigenvalue weighted by molar-refractivity contribution is 5.78. The maximum atomic E-state index is 11.4. The van der Waals surface area contributed by atoms with E-state index in [0.717, 1.165) is 45.2 Å². The normalized spacial score (nSPS) is 31.8. The summed E-state index contributed by atoms with van der Waals surface area (Å²) in [5.41, 5.74) is -0.619. The number of carboxylic acid groups (broad SMARTS) is 1. The summed E-state index contributed by atoms with van der Waals surface area (Å²) in [7, 11) is 0. The maximum Gasteiger partial charge on any atom is 0.323 e. The third-order valence-electron chi connectivity index (χ3n) is 4.44. The number of likely N-dealkylation sites (tertiary alicyclic amines) is 1. The Balaban J connectivity index is 2.08. The number of nitriles is 1. The van der Waals surface area contributed by atoms with E-state index in [1.807, 2.05) is 6.92 Å². The minimum atomic E-state index is -0.719. The molecule has 0 aromatic heterocycles. The fourth-order valence-corrected chi connectivity index (χ4v) is 2.81. The van der Waals surface area contributed by atoms with Crippen LogP contribution in [0.25, 0.3) is 0 Å². The number of piperidine rings is 1. The first kappa shape index (κ1) is 12.4. The number of hydrogen-bond acceptors (Lipinski definition) is 3. The lowest BCUT2D eigenvalue weighted by Crippen LogP contribution is -2.56. The van der Waals surface area contributed by atoms with Crippen LogP contribution >= 0.6 is 0 Å². The van der Waals surface area contributed by atoms with Gasteiger partial charge in [0.25, 0.3) is 0 Å². The predicted molar refractivity (Wildman–Crippen MR) is 63.4 cm³/mol. The van der Waals surface area contributed by atoms with Crippen molar-refractivity contribution in [1.29, 1.82) is 5.26 Å². The number of carboxylic acids is 1. The van der Waals surface area contributed by atoms with Gasteiger partial charge in [-0.1, -0.05) is 0 Å². The summed E-state index contributed by atoms with van der Waals surface area (Å²) in [6, 6.07) is 2.24. The highest BCUT2D eigenvalue weighted by atomic mass is 16.4. The summed E-state index contributed by atoms with van der Waals surface area (Å²) < 4.78 is 0. The molecule has 1 saturated carbocycles. The largest absolute Gasteiger partial charge is 0.480 e. The Bertz CT molecular complexity index is 357. The van der Waals surface area contributed by atoms with Crippen molar-refractivity contribution in [2.24, 2.45) is 5.41 Å². The first-order chi connectivity index (χ1) is 8.02. The molecule has 1 heterocycles. The van der Waals surface area contributed by atoms with E-state index >= 15 is 0 Å². The third kappa shape index (κ3) is 2.30. The summed E-state index contributed by atoms with van der Waals surface area (Å²) in [6.07, 6.45) is 5.51. The van der Waals surface area contributed by atoms with Crippen LogP contribution in [0.3, 0.4) is 0 Å². The minimum absolute atomic E-state index is 0.100. The predicted octanol–water partition coefficient (Wildman–Crippen LogP) is 2.01. The molecule has 0 bridgehead atoms. The van der Waals surface area contributed by atoms with Crippen LogP contribution in [0.15, 0.2) is 0 Å². The van der Waals surface area contributed by atoms with Crippen LogP contribution in [-0.2, 0) is 4.79 Å². The summed E-state index contributed by atoms with van der Waals surface area (Å²) in [4.78, 5) is 13.5. The molecule has 0 aromatic carbocycles. The van der Waals surface area contributed by atoms with Crippen molar-refractivity contribution in [1.82, 2.24) is 4.90 Å². The van der Waals surface area contributed by atoms with Crippen LogP contribution in [0.2, 0.25) is 0 Å². The number of aliphatic carboxylic acids is 1. The highest BCUT2D eigenvalue weighted by Crippen LogP contribution is 2.50. The second-order valence-electron chi connectivity index (χ2n) is 5.79. The monoisotopic (exact) mass is 236 g/mol. The molecule has 2 aliphatic rings. The van der Waals surface area contributed by atoms with E-state index in [-0.39, 0.29) is 5.41 Å². The Morgan fingerprint density at radius 1 is 1.41 bits per heavy atom. The van der Waals surface area contributed by atoms with Crippen molar-refractivity contribution in [3.8, 4) is 6.07 Å². The first-order valence-electron chi connectivity index (χ1n) is 6.38. The highest BCUT2D eigenvalue weighted by Gasteiger charge is 2.49. The maximum absolute atomic E-state index is 11.4. The molecule has 1 aliphatic carbocycles. The second-order valence-corrected chi connectivity index (χ2v) is 5.79. The van der Waals surface area contributed by atoms with Crippen LogP contribution < -0.4 is 0 Å². The van der Waals surface area contributed by atoms with Gasteiger partial charge in [-0.3, -0.25) is 9.69 Å². The average molecular weight is 236 g/mol. The lowest BCUT2D eigenvalue weighted by Gasteiger charge is -2.43. The molecular weight excluding hydrogens is 216 g/mol. The van der Waals surface area contributed by atoms with E-state index in [4.69, 9.17) is 5.26 Å². The number of hydrogen-bond donors (Lipinski definition) is 1. The Hall–Kier alpha value is -1.08. The summed E-state index contributed by atoms with van der Waals surface area (Å²) in [5, 5.41) is 18.2. The Kier molecular flexibility index (Phi) is 3.13. The van der Waals surface area contributed by atoms with Crippen LogP contribution in [-0.4, -0.2) is 34.6 Å². The SMILES string of the molecule is CC1(C(=O)O)CCCCN1CC1(CC#N)CC1. The van der Waals surface area contributed by atoms with Gasteiger partial charge in [-0.2, -0.15) is 5.26 Å². The molecule has 2 fully saturated rings. The molecule has 4 heteroatoms. The van der Waals surface area contributed by atoms with Crippen molar-refractivity contribution < 1.29 is 9.90 Å². The van der Waals surface area contributed by atoms with Gasteiger partial charge in [-0.25, -0.2) is 0 Å². The molecule has 94 valence electrons. The average Bonchev–Trinajstić information content (AvgIpc) is 3.02. The second kappa shape index (κ2) is 4.30. The molecule has 17 heavy (non-hydrogen) atoms. The van der Waals surface area contributed by atoms with E-state index in [9.17, 15) is 9.90 Å². The van der Waals surface area contributed by atoms with Crippen molar-refractivity contribution in [2.45, 2.75) is 51.0 Å². The van der Waals surface area contributed by atoms with E-state index in [1.54, 1.807) is 0 Å². The van der Waals surface area contributed by atoms with Crippen LogP contribution in [0.5, 0.6) is 0 Å². The molecule has 4 nitrogen and oxygen atoms in total. The minimum Gasteiger partial charge on any atom is -0.480 e. The summed E-state index contributed by atoms with van der Waals surface area (Å²) in [6.45, 7) is 3.47. The van der Waals surface area contributed by atoms with E-state index in [0.29, 0.717) is 6.42 Å². The van der Waals surface area contributed by atoms with Gasteiger partial charge < -0.3 is 5.11 Å². The molecule has 0 amide bonds. The first-order valence-corrected chi connectivity index (χ1v) is 6.38. The zero-order chi connectivity index (χ0) is 12.5. The third-order valence-corrected chi connectivity index (χ3v) is 4.44. The van der Waals surface area contributed by atoms with Gasteiger partial charge in [-0.05, 0) is 51.0 Å². The van der Waals surface area contributed by atoms with Gasteiger partial charge in [0.1, 0.15) is 5.54 Å². The zero-order valence-electron chi connectivity index (χ0n) is 10.4. The van der Waals surface area contributed by atoms with Crippen molar-refractivity contribution in [2.75, 3.05) is 13.1 Å². The van der Waals surface area contributed by atoms with Crippen molar-refractivity contribution in [3.63, 3.8) is 0 Å². The fraction of sp³-hybridized carbons (Fsp3) is 0.846. The van der Waals surface area contributed by atoms with Gasteiger partial charge in [0.05, 0.1) is 6.07 Å². The van der Waals surface area contributed by atoms with E-state index in [2.05, 4.69) is 11.0 Å². The Morgan fingerprint density at radius 3 is 2.65 bits per heavy atom. The molecule has 1 unspecified atom stereocenters. The van der Waals surface area contributed by atoms with Gasteiger partial charge in [0, 0.05) is 13.0 Å². The molecule has 0 aromatic rings. The molecule has 1 N–H and O–H groups in total. The molecule has 1 atom stereocenters. The lowest BCUT2D eigenvalue weighted by molar-refractivity contribution is -0.153. The van der Waals surface area contributed by atoms with Crippen molar-refractivity contribution in [3.05, 3.63) is 0 Å². The lowest BCUT2D eigenvalue weighted by atomic mass is 9.86. The molecule has 2 rings (SSSR count). The molecule has 0 spiro atoms. The van der Waals surface area contributed by atoms with Crippen LogP contribution in [0.4, 0.5) is 0 Å². The number of nitrogens with zero attached hydrogens (tertiary/aromatic N) is 2. The smallest absolute Gasteiger partial charge is 0.323 e. The fourth-order valence-electron chi connectivity index (χ4n) is 2.81. The summed E-state index contributed by atoms with van der Waals surface area (Å²) in [5.74, 6) is -0.718. The number of carbonyl (C=O) groups is 1. The Labute approximate surface area is 102 Å². The van der Waals surface area contributed by atoms with Crippen LogP contribution in [0.1, 0.15) is 45.4 Å². The number of rotatable bonds is 4. The van der Waals surface area contributed by atoms with Crippen LogP contribution in [0, 0.1) is 16.7 Å². The standard InChI is InChI=1S/C13H20N2O2/c1-12(11(16)17)4-2-3-9-15(12)10-13(5-6-13)7-8-14/h2-7,9-10H2,1H3,(H,16,17). The van der Waals surface area contributed by atoms with Gasteiger partial charge in [0.2, 0.25) is 0 Å². The van der Waals surface area contributed by atoms with Gasteiger partial charge >= 0.3 is 5.97 Å².